The normalized spacial score (nSPS) is 11.7. The van der Waals surface area contributed by atoms with Crippen molar-refractivity contribution in [2.24, 2.45) is 0 Å². The van der Waals surface area contributed by atoms with Crippen molar-refractivity contribution in [1.82, 2.24) is 19.9 Å². The van der Waals surface area contributed by atoms with Gasteiger partial charge in [-0.2, -0.15) is 0 Å². The van der Waals surface area contributed by atoms with Crippen LogP contribution in [0.5, 0.6) is 0 Å². The van der Waals surface area contributed by atoms with E-state index in [-0.39, 0.29) is 0 Å². The minimum atomic E-state index is -1.34. The van der Waals surface area contributed by atoms with Crippen molar-refractivity contribution in [3.63, 3.8) is 0 Å². The lowest BCUT2D eigenvalue weighted by Crippen LogP contribution is -2.37. The van der Waals surface area contributed by atoms with E-state index in [2.05, 4.69) is 128 Å². The summed E-state index contributed by atoms with van der Waals surface area (Å²) in [5.41, 5.74) is 11.4. The lowest BCUT2D eigenvalue weighted by Gasteiger charge is -2.17. The van der Waals surface area contributed by atoms with Gasteiger partial charge in [0.2, 0.25) is 0 Å². The molecule has 0 unspecified atom stereocenters. The van der Waals surface area contributed by atoms with Crippen LogP contribution in [0.3, 0.4) is 0 Å². The van der Waals surface area contributed by atoms with Crippen LogP contribution in [0.25, 0.3) is 89.5 Å². The maximum atomic E-state index is 6.05. The number of benzene rings is 6. The molecule has 9 rings (SSSR count). The first-order chi connectivity index (χ1) is 25.9. The Labute approximate surface area is 309 Å². The summed E-state index contributed by atoms with van der Waals surface area (Å²) in [7, 11) is -1.34. The van der Waals surface area contributed by atoms with Crippen LogP contribution in [0.2, 0.25) is 19.6 Å². The van der Waals surface area contributed by atoms with E-state index < -0.39 is 8.07 Å². The van der Waals surface area contributed by atoms with E-state index in [1.807, 2.05) is 54.7 Å². The van der Waals surface area contributed by atoms with Gasteiger partial charge in [-0.15, -0.1) is 0 Å². The maximum absolute atomic E-state index is 6.05. The molecule has 6 aromatic carbocycles. The summed E-state index contributed by atoms with van der Waals surface area (Å²) in [5, 5.41) is 3.41. The number of aromatic nitrogens is 4. The van der Waals surface area contributed by atoms with Gasteiger partial charge in [0.1, 0.15) is 11.2 Å². The van der Waals surface area contributed by atoms with E-state index >= 15 is 0 Å². The van der Waals surface area contributed by atoms with Gasteiger partial charge in [-0.3, -0.25) is 4.98 Å². The molecule has 0 amide bonds. The SMILES string of the molecule is C[Si](C)(C)c1ccc(-c2cccc(-c3cccc(-c4ccc(-c5nc(-c6ccccc6)nc(-c6ccc7oc8ccncc8c7c6)n5)cc4)c3)c2)cc1. The van der Waals surface area contributed by atoms with Gasteiger partial charge in [-0.05, 0) is 69.8 Å². The van der Waals surface area contributed by atoms with Crippen molar-refractivity contribution in [3.8, 4) is 67.5 Å². The number of fused-ring (bicyclic) bond motifs is 3. The molecule has 0 atom stereocenters. The van der Waals surface area contributed by atoms with Crippen LogP contribution in [-0.2, 0) is 0 Å². The average molecular weight is 701 g/mol. The van der Waals surface area contributed by atoms with Crippen molar-refractivity contribution in [2.75, 3.05) is 0 Å². The predicted octanol–water partition coefficient (Wildman–Crippen LogP) is 11.7. The van der Waals surface area contributed by atoms with Crippen molar-refractivity contribution < 1.29 is 4.42 Å². The summed E-state index contributed by atoms with van der Waals surface area (Å²) in [6.45, 7) is 7.16. The molecule has 0 N–H and O–H groups in total. The molecule has 0 spiro atoms. The summed E-state index contributed by atoms with van der Waals surface area (Å²) in [6, 6.07) is 53.2. The van der Waals surface area contributed by atoms with Crippen LogP contribution in [0.4, 0.5) is 0 Å². The number of rotatable bonds is 7. The smallest absolute Gasteiger partial charge is 0.164 e. The minimum Gasteiger partial charge on any atom is -0.456 e. The zero-order chi connectivity index (χ0) is 35.9. The molecular formula is C47H36N4OSi. The third-order valence-corrected chi connectivity index (χ3v) is 11.9. The molecule has 3 aromatic heterocycles. The first kappa shape index (κ1) is 32.4. The van der Waals surface area contributed by atoms with Crippen LogP contribution in [-0.4, -0.2) is 28.0 Å². The Hall–Kier alpha value is -6.50. The van der Waals surface area contributed by atoms with Gasteiger partial charge in [-0.1, -0.05) is 140 Å². The van der Waals surface area contributed by atoms with Gasteiger partial charge in [0.25, 0.3) is 0 Å². The van der Waals surface area contributed by atoms with Crippen molar-refractivity contribution in [2.45, 2.75) is 19.6 Å². The Kier molecular flexibility index (Phi) is 8.09. The van der Waals surface area contributed by atoms with E-state index in [9.17, 15) is 0 Å². The summed E-state index contributed by atoms with van der Waals surface area (Å²) in [5.74, 6) is 1.83. The first-order valence-corrected chi connectivity index (χ1v) is 21.4. The van der Waals surface area contributed by atoms with E-state index in [4.69, 9.17) is 19.4 Å². The molecule has 53 heavy (non-hydrogen) atoms. The van der Waals surface area contributed by atoms with Crippen molar-refractivity contribution in [1.29, 1.82) is 0 Å². The Morgan fingerprint density at radius 2 is 0.868 bits per heavy atom. The molecule has 0 saturated heterocycles. The minimum absolute atomic E-state index is 0.597. The Balaban J connectivity index is 1.04. The molecule has 3 heterocycles. The van der Waals surface area contributed by atoms with E-state index in [1.54, 1.807) is 6.20 Å². The van der Waals surface area contributed by atoms with Crippen LogP contribution in [0.1, 0.15) is 0 Å². The van der Waals surface area contributed by atoms with Gasteiger partial charge >= 0.3 is 0 Å². The zero-order valence-corrected chi connectivity index (χ0v) is 30.8. The number of furan rings is 1. The second kappa shape index (κ2) is 13.2. The Bertz CT molecular complexity index is 2750. The Morgan fingerprint density at radius 3 is 1.47 bits per heavy atom. The molecule has 254 valence electrons. The summed E-state index contributed by atoms with van der Waals surface area (Å²) < 4.78 is 6.05. The largest absolute Gasteiger partial charge is 0.456 e. The number of hydrogen-bond acceptors (Lipinski definition) is 5. The van der Waals surface area contributed by atoms with Crippen molar-refractivity contribution >= 4 is 35.2 Å². The number of nitrogens with zero attached hydrogens (tertiary/aromatic N) is 4. The van der Waals surface area contributed by atoms with Gasteiger partial charge in [0, 0.05) is 39.9 Å². The first-order valence-electron chi connectivity index (χ1n) is 17.9. The fourth-order valence-electron chi connectivity index (χ4n) is 6.84. The summed E-state index contributed by atoms with van der Waals surface area (Å²) in [6.07, 6.45) is 3.58. The molecule has 9 aromatic rings. The van der Waals surface area contributed by atoms with Gasteiger partial charge < -0.3 is 4.42 Å². The fourth-order valence-corrected chi connectivity index (χ4v) is 8.01. The van der Waals surface area contributed by atoms with Gasteiger partial charge in [-0.25, -0.2) is 15.0 Å². The summed E-state index contributed by atoms with van der Waals surface area (Å²) in [4.78, 5) is 19.2. The molecule has 5 nitrogen and oxygen atoms in total. The fraction of sp³-hybridized carbons (Fsp3) is 0.0638. The topological polar surface area (TPSA) is 64.7 Å². The lowest BCUT2D eigenvalue weighted by atomic mass is 9.96. The van der Waals surface area contributed by atoms with Gasteiger partial charge in [0.15, 0.2) is 17.5 Å². The van der Waals surface area contributed by atoms with E-state index in [1.165, 1.54) is 27.4 Å². The highest BCUT2D eigenvalue weighted by Gasteiger charge is 2.17. The quantitative estimate of drug-likeness (QED) is 0.155. The van der Waals surface area contributed by atoms with E-state index in [0.717, 1.165) is 49.8 Å². The van der Waals surface area contributed by atoms with Crippen LogP contribution in [0.15, 0.2) is 168 Å². The molecular weight excluding hydrogens is 665 g/mol. The molecule has 0 fully saturated rings. The zero-order valence-electron chi connectivity index (χ0n) is 29.8. The van der Waals surface area contributed by atoms with Gasteiger partial charge in [0.05, 0.1) is 8.07 Å². The summed E-state index contributed by atoms with van der Waals surface area (Å²) >= 11 is 0. The molecule has 0 saturated carbocycles. The highest BCUT2D eigenvalue weighted by molar-refractivity contribution is 6.88. The lowest BCUT2D eigenvalue weighted by molar-refractivity contribution is 0.668. The van der Waals surface area contributed by atoms with Crippen LogP contribution >= 0.6 is 0 Å². The number of pyridine rings is 1. The molecule has 0 aliphatic carbocycles. The van der Waals surface area contributed by atoms with E-state index in [0.29, 0.717) is 17.5 Å². The molecule has 0 aliphatic heterocycles. The predicted molar refractivity (Wildman–Crippen MR) is 220 cm³/mol. The highest BCUT2D eigenvalue weighted by Crippen LogP contribution is 2.34. The Morgan fingerprint density at radius 1 is 0.396 bits per heavy atom. The monoisotopic (exact) mass is 700 g/mol. The molecule has 0 aliphatic rings. The third-order valence-electron chi connectivity index (χ3n) is 9.82. The van der Waals surface area contributed by atoms with Crippen molar-refractivity contribution in [3.05, 3.63) is 164 Å². The third kappa shape index (κ3) is 6.45. The molecule has 0 bridgehead atoms. The van der Waals surface area contributed by atoms with Crippen LogP contribution < -0.4 is 5.19 Å². The second-order valence-corrected chi connectivity index (χ2v) is 19.5. The standard InChI is InChI=1S/C47H36N4OSi/c1-53(2,3)40-22-19-32(20-23-40)36-12-8-14-38(28-36)37-13-7-11-35(27-37)31-15-17-34(18-16-31)46-49-45(33-9-5-4-6-10-33)50-47(51-46)39-21-24-43-41(29-39)42-30-48-26-25-44(42)52-43/h4-30H,1-3H3. The van der Waals surface area contributed by atoms with Crippen LogP contribution in [0, 0.1) is 0 Å². The second-order valence-electron chi connectivity index (χ2n) is 14.4. The number of hydrogen-bond donors (Lipinski definition) is 0. The highest BCUT2D eigenvalue weighted by atomic mass is 28.3. The molecule has 0 radical (unpaired) electrons. The average Bonchev–Trinajstić information content (AvgIpc) is 3.59. The molecule has 6 heteroatoms. The maximum Gasteiger partial charge on any atom is 0.164 e.